The van der Waals surface area contributed by atoms with E-state index >= 15 is 0 Å². The van der Waals surface area contributed by atoms with Gasteiger partial charge in [-0.2, -0.15) is 21.6 Å². The van der Waals surface area contributed by atoms with Gasteiger partial charge in [0.05, 0.1) is 5.69 Å². The third-order valence-electron chi connectivity index (χ3n) is 5.06. The highest BCUT2D eigenvalue weighted by molar-refractivity contribution is 7.93. The maximum absolute atomic E-state index is 13.6. The molecule has 0 aliphatic carbocycles. The van der Waals surface area contributed by atoms with E-state index in [4.69, 9.17) is 0 Å². The van der Waals surface area contributed by atoms with Crippen LogP contribution in [0.1, 0.15) is 22.7 Å². The number of rotatable bonds is 3. The van der Waals surface area contributed by atoms with Gasteiger partial charge in [-0.3, -0.25) is 4.31 Å². The molecule has 0 amide bonds. The van der Waals surface area contributed by atoms with Gasteiger partial charge in [-0.05, 0) is 17.2 Å². The van der Waals surface area contributed by atoms with E-state index in [2.05, 4.69) is 0 Å². The fraction of sp³-hybridized carbons (Fsp3) is 0.143. The Morgan fingerprint density at radius 1 is 0.828 bits per heavy atom. The van der Waals surface area contributed by atoms with Crippen LogP contribution in [0.3, 0.4) is 0 Å². The van der Waals surface area contributed by atoms with Crippen molar-refractivity contribution in [3.63, 3.8) is 0 Å². The molecule has 0 bridgehead atoms. The lowest BCUT2D eigenvalue weighted by Gasteiger charge is -2.36. The summed E-state index contributed by atoms with van der Waals surface area (Å²) in [6, 6.07) is 20.1. The molecule has 8 heteroatoms. The maximum atomic E-state index is 13.6. The van der Waals surface area contributed by atoms with Crippen LogP contribution < -0.4 is 4.31 Å². The zero-order valence-corrected chi connectivity index (χ0v) is 15.7. The Morgan fingerprint density at radius 2 is 1.34 bits per heavy atom. The molecule has 1 aliphatic rings. The quantitative estimate of drug-likeness (QED) is 0.687. The molecule has 0 saturated heterocycles. The predicted molar refractivity (Wildman–Crippen MR) is 103 cm³/mol. The largest absolute Gasteiger partial charge is 0.516 e. The van der Waals surface area contributed by atoms with Crippen LogP contribution in [-0.2, 0) is 15.6 Å². The predicted octanol–water partition coefficient (Wildman–Crippen LogP) is 4.33. The fourth-order valence-electron chi connectivity index (χ4n) is 3.84. The fourth-order valence-corrected chi connectivity index (χ4v) is 5.03. The van der Waals surface area contributed by atoms with Crippen LogP contribution in [0.15, 0.2) is 84.9 Å². The zero-order chi connectivity index (χ0) is 20.9. The second-order valence-corrected chi connectivity index (χ2v) is 8.52. The Balaban J connectivity index is 2.09. The van der Waals surface area contributed by atoms with E-state index in [9.17, 15) is 26.7 Å². The van der Waals surface area contributed by atoms with Gasteiger partial charge in [-0.1, -0.05) is 78.9 Å². The molecular weight excluding hydrogens is 403 g/mol. The first kappa shape index (κ1) is 19.5. The van der Waals surface area contributed by atoms with Gasteiger partial charge < -0.3 is 5.11 Å². The summed E-state index contributed by atoms with van der Waals surface area (Å²) in [4.78, 5) is 0. The average Bonchev–Trinajstić information content (AvgIpc) is 2.99. The summed E-state index contributed by atoms with van der Waals surface area (Å²) in [6.07, 6.45) is 0. The lowest BCUT2D eigenvalue weighted by atomic mass is 9.80. The normalized spacial score (nSPS) is 21.8. The third-order valence-corrected chi connectivity index (χ3v) is 6.57. The number of aliphatic hydroxyl groups is 1. The SMILES string of the molecule is O=S(=O)(N1c2ccccc2[C@@](O)(c2ccccc2)[C@H]1c1ccccc1)C(F)(F)F. The van der Waals surface area contributed by atoms with Crippen LogP contribution in [0.25, 0.3) is 0 Å². The molecule has 3 aromatic rings. The minimum Gasteiger partial charge on any atom is -0.378 e. The number of benzene rings is 3. The Labute approximate surface area is 165 Å². The average molecular weight is 419 g/mol. The molecule has 29 heavy (non-hydrogen) atoms. The molecule has 4 nitrogen and oxygen atoms in total. The van der Waals surface area contributed by atoms with E-state index in [1.54, 1.807) is 54.6 Å². The van der Waals surface area contributed by atoms with Crippen molar-refractivity contribution in [2.45, 2.75) is 17.2 Å². The van der Waals surface area contributed by atoms with Crippen LogP contribution in [0.2, 0.25) is 0 Å². The number of hydrogen-bond acceptors (Lipinski definition) is 3. The van der Waals surface area contributed by atoms with Crippen molar-refractivity contribution in [1.82, 2.24) is 0 Å². The Morgan fingerprint density at radius 3 is 1.93 bits per heavy atom. The van der Waals surface area contributed by atoms with Crippen LogP contribution in [0, 0.1) is 0 Å². The van der Waals surface area contributed by atoms with Crippen LogP contribution in [0.5, 0.6) is 0 Å². The summed E-state index contributed by atoms with van der Waals surface area (Å²) in [5.41, 5.74) is -7.13. The number of alkyl halides is 3. The van der Waals surface area contributed by atoms with E-state index in [0.29, 0.717) is 9.87 Å². The minimum absolute atomic E-state index is 0.0906. The Kier molecular flexibility index (Phi) is 4.43. The second-order valence-electron chi connectivity index (χ2n) is 6.71. The molecule has 1 heterocycles. The van der Waals surface area contributed by atoms with Gasteiger partial charge in [0.1, 0.15) is 11.6 Å². The number of halogens is 3. The first-order valence-electron chi connectivity index (χ1n) is 8.72. The summed E-state index contributed by atoms with van der Waals surface area (Å²) in [5, 5.41) is 11.9. The van der Waals surface area contributed by atoms with Crippen molar-refractivity contribution in [2.75, 3.05) is 4.31 Å². The van der Waals surface area contributed by atoms with Crippen molar-refractivity contribution in [2.24, 2.45) is 0 Å². The molecule has 1 aliphatic heterocycles. The van der Waals surface area contributed by atoms with Crippen molar-refractivity contribution in [3.8, 4) is 0 Å². The molecule has 0 unspecified atom stereocenters. The zero-order valence-electron chi connectivity index (χ0n) is 14.9. The van der Waals surface area contributed by atoms with Gasteiger partial charge in [0.25, 0.3) is 0 Å². The molecule has 150 valence electrons. The molecule has 0 spiro atoms. The van der Waals surface area contributed by atoms with Crippen LogP contribution in [0.4, 0.5) is 18.9 Å². The summed E-state index contributed by atoms with van der Waals surface area (Å²) >= 11 is 0. The maximum Gasteiger partial charge on any atom is 0.516 e. The van der Waals surface area contributed by atoms with Gasteiger partial charge >= 0.3 is 15.5 Å². The van der Waals surface area contributed by atoms with E-state index in [1.807, 2.05) is 0 Å². The van der Waals surface area contributed by atoms with Crippen molar-refractivity contribution in [1.29, 1.82) is 0 Å². The highest BCUT2D eigenvalue weighted by atomic mass is 32.2. The second kappa shape index (κ2) is 6.60. The number of hydrogen-bond donors (Lipinski definition) is 1. The summed E-state index contributed by atoms with van der Waals surface area (Å²) < 4.78 is 66.3. The molecule has 1 N–H and O–H groups in total. The van der Waals surface area contributed by atoms with E-state index in [1.165, 1.54) is 30.3 Å². The summed E-state index contributed by atoms with van der Waals surface area (Å²) in [5.74, 6) is 0. The van der Waals surface area contributed by atoms with Gasteiger partial charge in [0, 0.05) is 5.56 Å². The molecule has 0 fully saturated rings. The first-order valence-corrected chi connectivity index (χ1v) is 10.2. The van der Waals surface area contributed by atoms with Crippen molar-refractivity contribution >= 4 is 15.7 Å². The third kappa shape index (κ3) is 2.82. The van der Waals surface area contributed by atoms with E-state index in [0.717, 1.165) is 0 Å². The van der Waals surface area contributed by atoms with Gasteiger partial charge in [-0.15, -0.1) is 0 Å². The van der Waals surface area contributed by atoms with Gasteiger partial charge in [0.15, 0.2) is 0 Å². The molecule has 2 atom stereocenters. The number of nitrogens with zero attached hydrogens (tertiary/aromatic N) is 1. The topological polar surface area (TPSA) is 57.6 Å². The molecule has 0 radical (unpaired) electrons. The minimum atomic E-state index is -5.79. The highest BCUT2D eigenvalue weighted by Crippen LogP contribution is 2.57. The molecular formula is C21H16F3NO3S. The summed E-state index contributed by atoms with van der Waals surface area (Å²) in [6.45, 7) is 0. The smallest absolute Gasteiger partial charge is 0.378 e. The highest BCUT2D eigenvalue weighted by Gasteiger charge is 2.61. The van der Waals surface area contributed by atoms with Crippen LogP contribution in [-0.4, -0.2) is 19.0 Å². The number of para-hydroxylation sites is 1. The number of anilines is 1. The van der Waals surface area contributed by atoms with Gasteiger partial charge in [-0.25, -0.2) is 0 Å². The Hall–Kier alpha value is -2.84. The van der Waals surface area contributed by atoms with Crippen molar-refractivity contribution < 1.29 is 26.7 Å². The first-order chi connectivity index (χ1) is 13.7. The van der Waals surface area contributed by atoms with E-state index < -0.39 is 27.2 Å². The molecule has 0 saturated carbocycles. The standard InChI is InChI=1S/C21H16F3NO3S/c22-21(23,24)29(27,28)25-18-14-8-7-13-17(18)20(26,16-11-5-2-6-12-16)19(25)15-9-3-1-4-10-15/h1-14,19,26H/t19-,20+/m1/s1. The van der Waals surface area contributed by atoms with E-state index in [-0.39, 0.29) is 16.8 Å². The molecule has 3 aromatic carbocycles. The molecule has 4 rings (SSSR count). The van der Waals surface area contributed by atoms with Gasteiger partial charge in [0.2, 0.25) is 0 Å². The summed E-state index contributed by atoms with van der Waals surface area (Å²) in [7, 11) is -5.79. The monoisotopic (exact) mass is 419 g/mol. The Bertz CT molecular complexity index is 1130. The number of sulfonamides is 1. The molecule has 0 aromatic heterocycles. The van der Waals surface area contributed by atoms with Crippen molar-refractivity contribution in [3.05, 3.63) is 102 Å². The van der Waals surface area contributed by atoms with Crippen LogP contribution >= 0.6 is 0 Å². The lowest BCUT2D eigenvalue weighted by molar-refractivity contribution is -0.0445. The number of fused-ring (bicyclic) bond motifs is 1. The lowest BCUT2D eigenvalue weighted by Crippen LogP contribution is -2.46.